The first kappa shape index (κ1) is 30.5. The molecule has 1 atom stereocenters. The second kappa shape index (κ2) is 12.2. The molecular formula is C27H34N2O8S. The Balaban J connectivity index is 2.53. The van der Waals surface area contributed by atoms with Gasteiger partial charge in [0.25, 0.3) is 15.8 Å². The standard InChI is InChI=1S/C27H34N2O8S/c1-18(2)17-28(38(35,36)21-14-12-20(37-6)13-15-21)25(32)24(31)23(30)22(16-19-10-8-7-9-11-19)29(26(33)34)27(3,4)5/h7-15,18,22H,16-17H2,1-6H3,(H,33,34)/t22-/m1/s1. The number of amides is 2. The number of hydrogen-bond donors (Lipinski definition) is 1. The van der Waals surface area contributed by atoms with E-state index in [4.69, 9.17) is 4.74 Å². The Morgan fingerprint density at radius 2 is 1.50 bits per heavy atom. The third kappa shape index (κ3) is 7.18. The summed E-state index contributed by atoms with van der Waals surface area (Å²) in [7, 11) is -3.11. The van der Waals surface area contributed by atoms with Crippen LogP contribution in [0.3, 0.4) is 0 Å². The molecule has 1 N–H and O–H groups in total. The van der Waals surface area contributed by atoms with Gasteiger partial charge in [0, 0.05) is 18.5 Å². The predicted octanol–water partition coefficient (Wildman–Crippen LogP) is 3.40. The lowest BCUT2D eigenvalue weighted by atomic mass is 9.94. The van der Waals surface area contributed by atoms with Crippen molar-refractivity contribution in [1.29, 1.82) is 0 Å². The third-order valence-corrected chi connectivity index (χ3v) is 7.40. The van der Waals surface area contributed by atoms with Crippen LogP contribution in [0.1, 0.15) is 40.2 Å². The van der Waals surface area contributed by atoms with E-state index in [-0.39, 0.29) is 23.8 Å². The first-order valence-electron chi connectivity index (χ1n) is 12.0. The van der Waals surface area contributed by atoms with Crippen molar-refractivity contribution in [2.75, 3.05) is 13.7 Å². The number of sulfonamides is 1. The van der Waals surface area contributed by atoms with Crippen LogP contribution < -0.4 is 4.74 Å². The quantitative estimate of drug-likeness (QED) is 0.334. The van der Waals surface area contributed by atoms with Gasteiger partial charge in [0.1, 0.15) is 11.8 Å². The Bertz CT molecular complexity index is 1270. The summed E-state index contributed by atoms with van der Waals surface area (Å²) in [6, 6.07) is 12.1. The lowest BCUT2D eigenvalue weighted by Crippen LogP contribution is -2.58. The molecule has 0 unspecified atom stereocenters. The van der Waals surface area contributed by atoms with Crippen molar-refractivity contribution in [2.24, 2.45) is 5.92 Å². The zero-order chi connectivity index (χ0) is 28.8. The number of Topliss-reactive ketones (excluding diaryl/α,β-unsaturated/α-hetero) is 2. The van der Waals surface area contributed by atoms with Crippen LogP contribution in [0.25, 0.3) is 0 Å². The maximum absolute atomic E-state index is 13.5. The number of ketones is 2. The van der Waals surface area contributed by atoms with Gasteiger partial charge in [-0.1, -0.05) is 44.2 Å². The molecule has 10 nitrogen and oxygen atoms in total. The molecule has 206 valence electrons. The van der Waals surface area contributed by atoms with Crippen LogP contribution in [0, 0.1) is 5.92 Å². The van der Waals surface area contributed by atoms with Crippen LogP contribution in [0.15, 0.2) is 59.5 Å². The first-order chi connectivity index (χ1) is 17.6. The molecule has 0 aliphatic carbocycles. The summed E-state index contributed by atoms with van der Waals surface area (Å²) in [5, 5.41) is 9.94. The minimum Gasteiger partial charge on any atom is -0.497 e. The van der Waals surface area contributed by atoms with Gasteiger partial charge in [-0.15, -0.1) is 0 Å². The molecule has 0 radical (unpaired) electrons. The summed E-state index contributed by atoms with van der Waals surface area (Å²) in [4.78, 5) is 52.9. The Morgan fingerprint density at radius 1 is 0.947 bits per heavy atom. The zero-order valence-electron chi connectivity index (χ0n) is 22.4. The highest BCUT2D eigenvalue weighted by molar-refractivity contribution is 7.89. The highest BCUT2D eigenvalue weighted by atomic mass is 32.2. The van der Waals surface area contributed by atoms with Crippen molar-refractivity contribution in [3.63, 3.8) is 0 Å². The van der Waals surface area contributed by atoms with E-state index in [1.165, 1.54) is 31.4 Å². The van der Waals surface area contributed by atoms with Crippen LogP contribution >= 0.6 is 0 Å². The van der Waals surface area contributed by atoms with Crippen LogP contribution in [-0.2, 0) is 30.8 Å². The summed E-state index contributed by atoms with van der Waals surface area (Å²) >= 11 is 0. The molecule has 0 aliphatic rings. The van der Waals surface area contributed by atoms with E-state index in [0.717, 1.165) is 4.90 Å². The van der Waals surface area contributed by atoms with Crippen molar-refractivity contribution < 1.29 is 37.4 Å². The summed E-state index contributed by atoms with van der Waals surface area (Å²) in [5.74, 6) is -4.46. The van der Waals surface area contributed by atoms with E-state index in [2.05, 4.69) is 0 Å². The van der Waals surface area contributed by atoms with Gasteiger partial charge in [0.2, 0.25) is 5.78 Å². The number of rotatable bonds is 11. The zero-order valence-corrected chi connectivity index (χ0v) is 23.2. The number of hydrogen-bond acceptors (Lipinski definition) is 7. The summed E-state index contributed by atoms with van der Waals surface area (Å²) in [5.41, 5.74) is -0.552. The number of carbonyl (C=O) groups excluding carboxylic acids is 3. The molecule has 2 amide bonds. The molecule has 0 aliphatic heterocycles. The Labute approximate surface area is 223 Å². The number of carbonyl (C=O) groups is 4. The van der Waals surface area contributed by atoms with Gasteiger partial charge in [-0.25, -0.2) is 17.5 Å². The summed E-state index contributed by atoms with van der Waals surface area (Å²) < 4.78 is 32.2. The lowest BCUT2D eigenvalue weighted by molar-refractivity contribution is -0.149. The number of methoxy groups -OCH3 is 1. The molecule has 38 heavy (non-hydrogen) atoms. The molecule has 0 spiro atoms. The van der Waals surface area contributed by atoms with Crippen LogP contribution in [0.4, 0.5) is 4.79 Å². The molecule has 0 aromatic heterocycles. The van der Waals surface area contributed by atoms with E-state index >= 15 is 0 Å². The summed E-state index contributed by atoms with van der Waals surface area (Å²) in [6.45, 7) is 7.60. The topological polar surface area (TPSA) is 138 Å². The number of ether oxygens (including phenoxy) is 1. The fourth-order valence-electron chi connectivity index (χ4n) is 3.89. The second-order valence-corrected chi connectivity index (χ2v) is 12.0. The van der Waals surface area contributed by atoms with Crippen molar-refractivity contribution in [3.8, 4) is 5.75 Å². The predicted molar refractivity (Wildman–Crippen MR) is 140 cm³/mol. The molecule has 0 saturated carbocycles. The Hall–Kier alpha value is -3.73. The summed E-state index contributed by atoms with van der Waals surface area (Å²) in [6.07, 6.45) is -1.64. The highest BCUT2D eigenvalue weighted by Crippen LogP contribution is 2.24. The minimum atomic E-state index is -4.52. The minimum absolute atomic E-state index is 0.183. The first-order valence-corrected chi connectivity index (χ1v) is 13.4. The van der Waals surface area contributed by atoms with Gasteiger partial charge in [0.05, 0.1) is 12.0 Å². The Morgan fingerprint density at radius 3 is 1.95 bits per heavy atom. The van der Waals surface area contributed by atoms with E-state index in [9.17, 15) is 32.7 Å². The second-order valence-electron chi connectivity index (χ2n) is 10.1. The van der Waals surface area contributed by atoms with Gasteiger partial charge in [-0.05, 0) is 56.5 Å². The molecular weight excluding hydrogens is 512 g/mol. The smallest absolute Gasteiger partial charge is 0.408 e. The van der Waals surface area contributed by atoms with E-state index < -0.39 is 45.2 Å². The number of nitrogens with zero attached hydrogens (tertiary/aromatic N) is 2. The SMILES string of the molecule is COc1ccc(S(=O)(=O)N(CC(C)C)C(=O)C(=O)C(=O)[C@@H](Cc2ccccc2)N(C(=O)O)C(C)(C)C)cc1. The normalized spacial score (nSPS) is 12.5. The van der Waals surface area contributed by atoms with Gasteiger partial charge in [-0.2, -0.15) is 0 Å². The Kier molecular flexibility index (Phi) is 9.80. The average molecular weight is 547 g/mol. The molecule has 0 heterocycles. The third-order valence-electron chi connectivity index (χ3n) is 5.64. The van der Waals surface area contributed by atoms with Gasteiger partial charge in [-0.3, -0.25) is 19.3 Å². The number of carboxylic acid groups (broad SMARTS) is 1. The fraction of sp³-hybridized carbons (Fsp3) is 0.407. The van der Waals surface area contributed by atoms with Gasteiger partial charge in [0.15, 0.2) is 0 Å². The van der Waals surface area contributed by atoms with Crippen LogP contribution in [-0.4, -0.2) is 71.5 Å². The maximum Gasteiger partial charge on any atom is 0.408 e. The van der Waals surface area contributed by atoms with Crippen molar-refractivity contribution >= 4 is 33.6 Å². The average Bonchev–Trinajstić information content (AvgIpc) is 2.85. The van der Waals surface area contributed by atoms with E-state index in [1.54, 1.807) is 65.0 Å². The van der Waals surface area contributed by atoms with Gasteiger partial charge < -0.3 is 9.84 Å². The monoisotopic (exact) mass is 546 g/mol. The molecule has 2 rings (SSSR count). The lowest BCUT2D eigenvalue weighted by Gasteiger charge is -2.38. The van der Waals surface area contributed by atoms with E-state index in [0.29, 0.717) is 15.6 Å². The molecule has 2 aromatic rings. The molecule has 0 bridgehead atoms. The van der Waals surface area contributed by atoms with E-state index in [1.807, 2.05) is 0 Å². The van der Waals surface area contributed by atoms with Crippen molar-refractivity contribution in [2.45, 2.75) is 57.5 Å². The highest BCUT2D eigenvalue weighted by Gasteiger charge is 2.44. The molecule has 2 aromatic carbocycles. The molecule has 0 fully saturated rings. The van der Waals surface area contributed by atoms with Crippen molar-refractivity contribution in [3.05, 3.63) is 60.2 Å². The van der Waals surface area contributed by atoms with Crippen LogP contribution in [0.2, 0.25) is 0 Å². The fourth-order valence-corrected chi connectivity index (χ4v) is 5.42. The maximum atomic E-state index is 13.5. The van der Waals surface area contributed by atoms with Gasteiger partial charge >= 0.3 is 12.0 Å². The van der Waals surface area contributed by atoms with Crippen LogP contribution in [0.5, 0.6) is 5.75 Å². The largest absolute Gasteiger partial charge is 0.497 e. The molecule has 11 heteroatoms. The number of benzene rings is 2. The molecule has 0 saturated heterocycles. The van der Waals surface area contributed by atoms with Crippen molar-refractivity contribution in [1.82, 2.24) is 9.21 Å².